The van der Waals surface area contributed by atoms with E-state index in [2.05, 4.69) is 4.72 Å². The van der Waals surface area contributed by atoms with Crippen LogP contribution in [0.4, 0.5) is 0 Å². The zero-order valence-electron chi connectivity index (χ0n) is 8.49. The second-order valence-corrected chi connectivity index (χ2v) is 4.61. The van der Waals surface area contributed by atoms with Crippen LogP contribution in [0.25, 0.3) is 0 Å². The zero-order valence-corrected chi connectivity index (χ0v) is 9.30. The maximum absolute atomic E-state index is 11.4. The Labute approximate surface area is 85.1 Å². The van der Waals surface area contributed by atoms with Crippen molar-refractivity contribution in [3.8, 4) is 6.07 Å². The Bertz CT molecular complexity index is 281. The SMILES string of the molecule is CCOCCNS(=O)(=O)C(C#N)CC. The number of rotatable bonds is 7. The summed E-state index contributed by atoms with van der Waals surface area (Å²) in [5.74, 6) is 0. The molecular formula is C8H16N2O3S. The molecule has 0 aromatic heterocycles. The van der Waals surface area contributed by atoms with Gasteiger partial charge in [-0.3, -0.25) is 0 Å². The van der Waals surface area contributed by atoms with Crippen molar-refractivity contribution in [2.75, 3.05) is 19.8 Å². The Balaban J connectivity index is 4.02. The minimum atomic E-state index is -3.49. The molecule has 0 heterocycles. The molecule has 0 aromatic carbocycles. The van der Waals surface area contributed by atoms with Gasteiger partial charge in [0.2, 0.25) is 10.0 Å². The van der Waals surface area contributed by atoms with Crippen molar-refractivity contribution in [2.24, 2.45) is 0 Å². The van der Waals surface area contributed by atoms with Crippen LogP contribution in [0.1, 0.15) is 20.3 Å². The molecule has 0 saturated carbocycles. The van der Waals surface area contributed by atoms with Gasteiger partial charge in [-0.2, -0.15) is 5.26 Å². The van der Waals surface area contributed by atoms with E-state index < -0.39 is 15.3 Å². The third kappa shape index (κ3) is 4.56. The molecule has 14 heavy (non-hydrogen) atoms. The summed E-state index contributed by atoms with van der Waals surface area (Å²) >= 11 is 0. The van der Waals surface area contributed by atoms with Crippen LogP contribution in [0.2, 0.25) is 0 Å². The lowest BCUT2D eigenvalue weighted by molar-refractivity contribution is 0.153. The van der Waals surface area contributed by atoms with Crippen molar-refractivity contribution in [1.82, 2.24) is 4.72 Å². The first-order chi connectivity index (χ1) is 6.58. The summed E-state index contributed by atoms with van der Waals surface area (Å²) in [6.45, 7) is 4.59. The normalized spacial score (nSPS) is 13.5. The first-order valence-corrected chi connectivity index (χ1v) is 6.09. The first kappa shape index (κ1) is 13.4. The Morgan fingerprint density at radius 2 is 2.14 bits per heavy atom. The van der Waals surface area contributed by atoms with Crippen LogP contribution in [0, 0.1) is 11.3 Å². The van der Waals surface area contributed by atoms with Crippen LogP contribution in [-0.4, -0.2) is 33.4 Å². The van der Waals surface area contributed by atoms with Crippen molar-refractivity contribution in [3.63, 3.8) is 0 Å². The summed E-state index contributed by atoms with van der Waals surface area (Å²) in [5.41, 5.74) is 0. The van der Waals surface area contributed by atoms with Gasteiger partial charge in [0.1, 0.15) is 0 Å². The second-order valence-electron chi connectivity index (χ2n) is 2.66. The van der Waals surface area contributed by atoms with Crippen LogP contribution in [0.5, 0.6) is 0 Å². The maximum Gasteiger partial charge on any atom is 0.228 e. The van der Waals surface area contributed by atoms with Gasteiger partial charge < -0.3 is 4.74 Å². The average molecular weight is 220 g/mol. The van der Waals surface area contributed by atoms with Gasteiger partial charge in [0.15, 0.2) is 5.25 Å². The van der Waals surface area contributed by atoms with Gasteiger partial charge in [0, 0.05) is 13.2 Å². The van der Waals surface area contributed by atoms with E-state index in [1.165, 1.54) is 0 Å². The van der Waals surface area contributed by atoms with Gasteiger partial charge in [0.25, 0.3) is 0 Å². The molecule has 0 aliphatic carbocycles. The predicted molar refractivity (Wildman–Crippen MR) is 53.1 cm³/mol. The molecule has 0 rings (SSSR count). The fraction of sp³-hybridized carbons (Fsp3) is 0.875. The molecule has 0 aliphatic heterocycles. The Morgan fingerprint density at radius 1 is 1.50 bits per heavy atom. The molecule has 1 atom stereocenters. The molecule has 0 aromatic rings. The summed E-state index contributed by atoms with van der Waals surface area (Å²) in [4.78, 5) is 0. The molecule has 82 valence electrons. The molecule has 6 heteroatoms. The number of sulfonamides is 1. The lowest BCUT2D eigenvalue weighted by atomic mass is 10.4. The van der Waals surface area contributed by atoms with Crippen molar-refractivity contribution in [3.05, 3.63) is 0 Å². The molecule has 0 amide bonds. The quantitative estimate of drug-likeness (QED) is 0.623. The van der Waals surface area contributed by atoms with Gasteiger partial charge in [-0.15, -0.1) is 0 Å². The van der Waals surface area contributed by atoms with E-state index in [1.54, 1.807) is 13.0 Å². The van der Waals surface area contributed by atoms with Gasteiger partial charge in [-0.25, -0.2) is 13.1 Å². The molecule has 1 N–H and O–H groups in total. The summed E-state index contributed by atoms with van der Waals surface area (Å²) in [6, 6.07) is 1.74. The lowest BCUT2D eigenvalue weighted by Gasteiger charge is -2.09. The van der Waals surface area contributed by atoms with Gasteiger partial charge in [-0.1, -0.05) is 6.92 Å². The number of nitrogens with one attached hydrogen (secondary N) is 1. The van der Waals surface area contributed by atoms with Crippen LogP contribution in [-0.2, 0) is 14.8 Å². The molecule has 0 aliphatic rings. The Morgan fingerprint density at radius 3 is 2.57 bits per heavy atom. The number of hydrogen-bond acceptors (Lipinski definition) is 4. The average Bonchev–Trinajstić information content (AvgIpc) is 2.14. The molecule has 1 unspecified atom stereocenters. The number of hydrogen-bond donors (Lipinski definition) is 1. The molecular weight excluding hydrogens is 204 g/mol. The smallest absolute Gasteiger partial charge is 0.228 e. The van der Waals surface area contributed by atoms with Gasteiger partial charge in [0.05, 0.1) is 12.7 Å². The highest BCUT2D eigenvalue weighted by molar-refractivity contribution is 7.90. The minimum Gasteiger partial charge on any atom is -0.380 e. The third-order valence-electron chi connectivity index (χ3n) is 1.64. The zero-order chi connectivity index (χ0) is 11.0. The highest BCUT2D eigenvalue weighted by Gasteiger charge is 2.22. The van der Waals surface area contributed by atoms with Gasteiger partial charge >= 0.3 is 0 Å². The topological polar surface area (TPSA) is 79.2 Å². The van der Waals surface area contributed by atoms with Gasteiger partial charge in [-0.05, 0) is 13.3 Å². The number of nitriles is 1. The molecule has 0 fully saturated rings. The standard InChI is InChI=1S/C8H16N2O3S/c1-3-8(7-9)14(11,12)10-5-6-13-4-2/h8,10H,3-6H2,1-2H3. The molecule has 0 radical (unpaired) electrons. The number of ether oxygens (including phenoxy) is 1. The van der Waals surface area contributed by atoms with Crippen LogP contribution >= 0.6 is 0 Å². The van der Waals surface area contributed by atoms with Crippen LogP contribution < -0.4 is 4.72 Å². The molecule has 0 saturated heterocycles. The summed E-state index contributed by atoms with van der Waals surface area (Å²) in [7, 11) is -3.49. The minimum absolute atomic E-state index is 0.217. The number of nitrogens with zero attached hydrogens (tertiary/aromatic N) is 1. The van der Waals surface area contributed by atoms with E-state index in [0.717, 1.165) is 0 Å². The predicted octanol–water partition coefficient (Wildman–Crippen LogP) is 0.244. The second kappa shape index (κ2) is 6.76. The Hall–Kier alpha value is -0.640. The highest BCUT2D eigenvalue weighted by atomic mass is 32.2. The molecule has 0 bridgehead atoms. The van der Waals surface area contributed by atoms with E-state index in [1.807, 2.05) is 6.92 Å². The molecule has 0 spiro atoms. The van der Waals surface area contributed by atoms with E-state index in [-0.39, 0.29) is 6.54 Å². The third-order valence-corrected chi connectivity index (χ3v) is 3.44. The van der Waals surface area contributed by atoms with Crippen LogP contribution in [0.3, 0.4) is 0 Å². The van der Waals surface area contributed by atoms with E-state index in [4.69, 9.17) is 10.00 Å². The van der Waals surface area contributed by atoms with E-state index >= 15 is 0 Å². The monoisotopic (exact) mass is 220 g/mol. The fourth-order valence-electron chi connectivity index (χ4n) is 0.881. The van der Waals surface area contributed by atoms with Crippen molar-refractivity contribution >= 4 is 10.0 Å². The molecule has 5 nitrogen and oxygen atoms in total. The first-order valence-electron chi connectivity index (χ1n) is 4.54. The fourth-order valence-corrected chi connectivity index (χ4v) is 2.03. The lowest BCUT2D eigenvalue weighted by Crippen LogP contribution is -2.35. The van der Waals surface area contributed by atoms with Crippen molar-refractivity contribution in [1.29, 1.82) is 5.26 Å². The van der Waals surface area contributed by atoms with Crippen molar-refractivity contribution < 1.29 is 13.2 Å². The van der Waals surface area contributed by atoms with Crippen LogP contribution in [0.15, 0.2) is 0 Å². The Kier molecular flexibility index (Phi) is 6.45. The van der Waals surface area contributed by atoms with E-state index in [9.17, 15) is 8.42 Å². The van der Waals surface area contributed by atoms with E-state index in [0.29, 0.717) is 19.6 Å². The summed E-state index contributed by atoms with van der Waals surface area (Å²) < 4.78 is 30.0. The largest absolute Gasteiger partial charge is 0.380 e. The summed E-state index contributed by atoms with van der Waals surface area (Å²) in [6.07, 6.45) is 0.292. The highest BCUT2D eigenvalue weighted by Crippen LogP contribution is 2.01. The summed E-state index contributed by atoms with van der Waals surface area (Å²) in [5, 5.41) is 7.60. The van der Waals surface area contributed by atoms with Crippen molar-refractivity contribution in [2.45, 2.75) is 25.5 Å². The maximum atomic E-state index is 11.4.